The largest absolute Gasteiger partial charge is 0.336 e. The van der Waals surface area contributed by atoms with Crippen LogP contribution in [0.2, 0.25) is 0 Å². The summed E-state index contributed by atoms with van der Waals surface area (Å²) in [5.41, 5.74) is 5.92. The van der Waals surface area contributed by atoms with Crippen molar-refractivity contribution in [1.29, 1.82) is 0 Å². The van der Waals surface area contributed by atoms with E-state index in [1.54, 1.807) is 0 Å². The molecular formula is C13H16FN3O. The molecule has 0 aliphatic heterocycles. The van der Waals surface area contributed by atoms with Crippen molar-refractivity contribution in [1.82, 2.24) is 5.32 Å². The van der Waals surface area contributed by atoms with Crippen LogP contribution in [0.15, 0.2) is 18.2 Å². The molecule has 0 aromatic heterocycles. The van der Waals surface area contributed by atoms with Gasteiger partial charge in [-0.2, -0.15) is 0 Å². The summed E-state index contributed by atoms with van der Waals surface area (Å²) >= 11 is 0. The first-order valence-electron chi connectivity index (χ1n) is 5.59. The maximum absolute atomic E-state index is 13.4. The van der Waals surface area contributed by atoms with Crippen molar-refractivity contribution >= 4 is 11.7 Å². The number of carbonyl (C=O) groups excluding carboxylic acids is 1. The fraction of sp³-hybridized carbons (Fsp3) is 0.308. The summed E-state index contributed by atoms with van der Waals surface area (Å²) in [5, 5.41) is 5.27. The van der Waals surface area contributed by atoms with Gasteiger partial charge >= 0.3 is 6.03 Å². The van der Waals surface area contributed by atoms with Gasteiger partial charge in [-0.15, -0.1) is 0 Å². The molecule has 0 atom stereocenters. The van der Waals surface area contributed by atoms with Crippen LogP contribution in [0.3, 0.4) is 0 Å². The van der Waals surface area contributed by atoms with E-state index in [1.165, 1.54) is 18.2 Å². The van der Waals surface area contributed by atoms with Gasteiger partial charge in [-0.1, -0.05) is 11.8 Å². The first-order valence-corrected chi connectivity index (χ1v) is 5.59. The van der Waals surface area contributed by atoms with Crippen LogP contribution in [0.25, 0.3) is 0 Å². The van der Waals surface area contributed by atoms with E-state index in [4.69, 9.17) is 5.73 Å². The van der Waals surface area contributed by atoms with Gasteiger partial charge in [0, 0.05) is 11.7 Å². The fourth-order valence-electron chi connectivity index (χ4n) is 1.27. The molecule has 5 heteroatoms. The second-order valence-electron chi connectivity index (χ2n) is 3.95. The summed E-state index contributed by atoms with van der Waals surface area (Å²) in [6.45, 7) is 3.86. The molecule has 0 fully saturated rings. The number of halogens is 1. The molecule has 0 heterocycles. The van der Waals surface area contributed by atoms with E-state index in [0.717, 1.165) is 0 Å². The Hall–Kier alpha value is -2.06. The minimum absolute atomic E-state index is 0.0296. The Balaban J connectivity index is 2.82. The van der Waals surface area contributed by atoms with Gasteiger partial charge in [0.2, 0.25) is 0 Å². The number of amides is 2. The molecule has 1 aromatic carbocycles. The van der Waals surface area contributed by atoms with Gasteiger partial charge in [0.25, 0.3) is 0 Å². The predicted molar refractivity (Wildman–Crippen MR) is 69.6 cm³/mol. The molecule has 0 radical (unpaired) electrons. The molecule has 1 rings (SSSR count). The monoisotopic (exact) mass is 249 g/mol. The first kappa shape index (κ1) is 14.0. The highest BCUT2D eigenvalue weighted by Crippen LogP contribution is 2.13. The average molecular weight is 249 g/mol. The summed E-state index contributed by atoms with van der Waals surface area (Å²) < 4.78 is 13.4. The number of rotatable bonds is 2. The lowest BCUT2D eigenvalue weighted by Gasteiger charge is -2.10. The maximum atomic E-state index is 13.4. The van der Waals surface area contributed by atoms with Crippen molar-refractivity contribution in [3.63, 3.8) is 0 Å². The van der Waals surface area contributed by atoms with Crippen LogP contribution in [-0.2, 0) is 0 Å². The number of hydrogen-bond donors (Lipinski definition) is 3. The highest BCUT2D eigenvalue weighted by molar-refractivity contribution is 5.89. The number of nitrogens with one attached hydrogen (secondary N) is 2. The Labute approximate surface area is 106 Å². The third-order valence-electron chi connectivity index (χ3n) is 1.97. The minimum atomic E-state index is -0.439. The number of urea groups is 1. The SMILES string of the molecule is CC(C)NC(=O)Nc1ccc(F)c(C#CCN)c1. The van der Waals surface area contributed by atoms with Crippen LogP contribution < -0.4 is 16.4 Å². The maximum Gasteiger partial charge on any atom is 0.319 e. The standard InChI is InChI=1S/C13H16FN3O/c1-9(2)16-13(18)17-11-5-6-12(14)10(8-11)4-3-7-15/h5-6,8-9H,7,15H2,1-2H3,(H2,16,17,18). The van der Waals surface area contributed by atoms with E-state index < -0.39 is 5.82 Å². The van der Waals surface area contributed by atoms with Crippen molar-refractivity contribution < 1.29 is 9.18 Å². The van der Waals surface area contributed by atoms with Gasteiger partial charge in [0.05, 0.1) is 12.1 Å². The number of benzene rings is 1. The molecule has 2 amide bonds. The second kappa shape index (κ2) is 6.62. The Morgan fingerprint density at radius 1 is 1.50 bits per heavy atom. The Morgan fingerprint density at radius 3 is 2.83 bits per heavy atom. The lowest BCUT2D eigenvalue weighted by atomic mass is 10.2. The summed E-state index contributed by atoms with van der Waals surface area (Å²) in [6, 6.07) is 3.89. The van der Waals surface area contributed by atoms with Crippen LogP contribution in [0.5, 0.6) is 0 Å². The zero-order valence-corrected chi connectivity index (χ0v) is 10.4. The molecule has 0 spiro atoms. The van der Waals surface area contributed by atoms with E-state index in [0.29, 0.717) is 5.69 Å². The normalized spacial score (nSPS) is 9.61. The molecule has 0 aliphatic rings. The third kappa shape index (κ3) is 4.44. The molecule has 18 heavy (non-hydrogen) atoms. The van der Waals surface area contributed by atoms with Crippen LogP contribution in [-0.4, -0.2) is 18.6 Å². The van der Waals surface area contributed by atoms with Gasteiger partial charge in [0.1, 0.15) is 5.82 Å². The molecule has 0 saturated carbocycles. The summed E-state index contributed by atoms with van der Waals surface area (Å²) in [4.78, 5) is 11.5. The number of carbonyl (C=O) groups is 1. The van der Waals surface area contributed by atoms with E-state index in [-0.39, 0.29) is 24.2 Å². The Morgan fingerprint density at radius 2 is 2.22 bits per heavy atom. The predicted octanol–water partition coefficient (Wildman–Crippen LogP) is 1.67. The fourth-order valence-corrected chi connectivity index (χ4v) is 1.27. The van der Waals surface area contributed by atoms with Gasteiger partial charge in [-0.05, 0) is 32.0 Å². The quantitative estimate of drug-likeness (QED) is 0.698. The van der Waals surface area contributed by atoms with E-state index in [9.17, 15) is 9.18 Å². The highest BCUT2D eigenvalue weighted by Gasteiger charge is 2.05. The molecular weight excluding hydrogens is 233 g/mol. The van der Waals surface area contributed by atoms with E-state index in [1.807, 2.05) is 13.8 Å². The number of anilines is 1. The second-order valence-corrected chi connectivity index (χ2v) is 3.95. The van der Waals surface area contributed by atoms with Crippen LogP contribution >= 0.6 is 0 Å². The molecule has 1 aromatic rings. The summed E-state index contributed by atoms with van der Waals surface area (Å²) in [7, 11) is 0. The molecule has 0 unspecified atom stereocenters. The van der Waals surface area contributed by atoms with Gasteiger partial charge in [0.15, 0.2) is 0 Å². The molecule has 0 bridgehead atoms. The molecule has 0 saturated heterocycles. The third-order valence-corrected chi connectivity index (χ3v) is 1.97. The van der Waals surface area contributed by atoms with Crippen LogP contribution in [0, 0.1) is 17.7 Å². The molecule has 4 N–H and O–H groups in total. The van der Waals surface area contributed by atoms with Gasteiger partial charge in [-0.25, -0.2) is 9.18 Å². The van der Waals surface area contributed by atoms with Crippen LogP contribution in [0.1, 0.15) is 19.4 Å². The zero-order valence-electron chi connectivity index (χ0n) is 10.4. The lowest BCUT2D eigenvalue weighted by Crippen LogP contribution is -2.34. The molecule has 0 aliphatic carbocycles. The molecule has 4 nitrogen and oxygen atoms in total. The number of hydrogen-bond acceptors (Lipinski definition) is 2. The van der Waals surface area contributed by atoms with Crippen molar-refractivity contribution in [3.05, 3.63) is 29.6 Å². The van der Waals surface area contributed by atoms with Crippen molar-refractivity contribution in [3.8, 4) is 11.8 Å². The van der Waals surface area contributed by atoms with Crippen molar-refractivity contribution in [2.75, 3.05) is 11.9 Å². The Bertz CT molecular complexity index is 489. The van der Waals surface area contributed by atoms with Gasteiger partial charge < -0.3 is 16.4 Å². The van der Waals surface area contributed by atoms with E-state index in [2.05, 4.69) is 22.5 Å². The summed E-state index contributed by atoms with van der Waals surface area (Å²) in [5.74, 6) is 4.73. The first-order chi connectivity index (χ1) is 8.52. The number of nitrogens with two attached hydrogens (primary N) is 1. The van der Waals surface area contributed by atoms with E-state index >= 15 is 0 Å². The highest BCUT2D eigenvalue weighted by atomic mass is 19.1. The smallest absolute Gasteiger partial charge is 0.319 e. The topological polar surface area (TPSA) is 67.2 Å². The average Bonchev–Trinajstić information content (AvgIpc) is 2.28. The lowest BCUT2D eigenvalue weighted by molar-refractivity contribution is 0.250. The minimum Gasteiger partial charge on any atom is -0.336 e. The van der Waals surface area contributed by atoms with Gasteiger partial charge in [-0.3, -0.25) is 0 Å². The van der Waals surface area contributed by atoms with Crippen molar-refractivity contribution in [2.45, 2.75) is 19.9 Å². The summed E-state index contributed by atoms with van der Waals surface area (Å²) in [6.07, 6.45) is 0. The zero-order chi connectivity index (χ0) is 13.5. The molecule has 96 valence electrons. The van der Waals surface area contributed by atoms with Crippen molar-refractivity contribution in [2.24, 2.45) is 5.73 Å². The Kier molecular flexibility index (Phi) is 5.15. The van der Waals surface area contributed by atoms with Crippen LogP contribution in [0.4, 0.5) is 14.9 Å².